The predicted octanol–water partition coefficient (Wildman–Crippen LogP) is 11.0. The van der Waals surface area contributed by atoms with Crippen LogP contribution in [0.2, 0.25) is 0 Å². The number of unbranched alkanes of at least 4 members (excludes halogenated alkanes) is 2. The van der Waals surface area contributed by atoms with E-state index in [2.05, 4.69) is 111 Å². The second kappa shape index (κ2) is 13.2. The molecule has 3 aromatic rings. The molecule has 0 aliphatic heterocycles. The van der Waals surface area contributed by atoms with E-state index in [1.54, 1.807) is 5.57 Å². The number of allylic oxidation sites excluding steroid dienone is 8. The summed E-state index contributed by atoms with van der Waals surface area (Å²) >= 11 is 0. The summed E-state index contributed by atoms with van der Waals surface area (Å²) in [5.74, 6) is 0. The third kappa shape index (κ3) is 5.94. The maximum atomic E-state index is 4.06. The van der Waals surface area contributed by atoms with Crippen LogP contribution < -0.4 is 0 Å². The SMILES string of the molecule is C=CC(=C)CCCCc1ccc(C2(c3ccc(CCCCC(=C)C=C)cc3)C3=C(C=CCC3)c3ccccc32)cc1. The lowest BCUT2D eigenvalue weighted by molar-refractivity contribution is 0.693. The molecule has 0 amide bonds. The maximum absolute atomic E-state index is 4.06. The lowest BCUT2D eigenvalue weighted by Crippen LogP contribution is -2.30. The first kappa shape index (κ1) is 28.6. The van der Waals surface area contributed by atoms with Gasteiger partial charge in [0, 0.05) is 0 Å². The number of rotatable bonds is 14. The first-order valence-electron chi connectivity index (χ1n) is 15.4. The maximum Gasteiger partial charge on any atom is 0.0676 e. The molecule has 0 heterocycles. The zero-order valence-electron chi connectivity index (χ0n) is 24.6. The molecule has 3 aromatic carbocycles. The Kier molecular flexibility index (Phi) is 9.20. The molecule has 5 rings (SSSR count). The molecule has 0 spiro atoms. The van der Waals surface area contributed by atoms with Gasteiger partial charge >= 0.3 is 0 Å². The van der Waals surface area contributed by atoms with Gasteiger partial charge in [-0.1, -0.05) is 135 Å². The summed E-state index contributed by atoms with van der Waals surface area (Å²) < 4.78 is 0. The van der Waals surface area contributed by atoms with Crippen LogP contribution in [0.1, 0.15) is 84.7 Å². The van der Waals surface area contributed by atoms with Crippen molar-refractivity contribution >= 4 is 5.57 Å². The summed E-state index contributed by atoms with van der Waals surface area (Å²) in [4.78, 5) is 0. The summed E-state index contributed by atoms with van der Waals surface area (Å²) in [5.41, 5.74) is 13.4. The topological polar surface area (TPSA) is 0 Å². The lowest BCUT2D eigenvalue weighted by Gasteiger charge is -2.36. The smallest absolute Gasteiger partial charge is 0.0676 e. The van der Waals surface area contributed by atoms with E-state index in [9.17, 15) is 0 Å². The van der Waals surface area contributed by atoms with E-state index in [4.69, 9.17) is 0 Å². The fourth-order valence-corrected chi connectivity index (χ4v) is 6.75. The van der Waals surface area contributed by atoms with Crippen LogP contribution in [0.15, 0.2) is 140 Å². The van der Waals surface area contributed by atoms with Crippen molar-refractivity contribution in [1.29, 1.82) is 0 Å². The standard InChI is InChI=1S/C41H44/c1-5-31(3)15-7-9-17-33-23-27-35(28-24-33)41(36-29-25-34(26-30-36)18-10-8-16-32(4)6-2)39-21-13-11-19-37(39)38-20-12-14-22-40(38)41/h5-6,11-13,19-21,23-30H,1-4,7-10,14-18,22H2. The van der Waals surface area contributed by atoms with Crippen LogP contribution in [0.3, 0.4) is 0 Å². The molecule has 0 atom stereocenters. The van der Waals surface area contributed by atoms with Crippen molar-refractivity contribution in [3.8, 4) is 0 Å². The Hall–Kier alpha value is -3.90. The van der Waals surface area contributed by atoms with Crippen molar-refractivity contribution in [3.05, 3.63) is 174 Å². The molecule has 0 unspecified atom stereocenters. The highest BCUT2D eigenvalue weighted by molar-refractivity contribution is 5.90. The van der Waals surface area contributed by atoms with Crippen LogP contribution in [-0.4, -0.2) is 0 Å². The highest BCUT2D eigenvalue weighted by atomic mass is 14.5. The third-order valence-electron chi connectivity index (χ3n) is 9.02. The molecule has 0 heteroatoms. The van der Waals surface area contributed by atoms with Crippen molar-refractivity contribution in [2.75, 3.05) is 0 Å². The van der Waals surface area contributed by atoms with Crippen molar-refractivity contribution in [3.63, 3.8) is 0 Å². The molecule has 2 aliphatic carbocycles. The molecule has 0 fully saturated rings. The molecule has 41 heavy (non-hydrogen) atoms. The van der Waals surface area contributed by atoms with Gasteiger partial charge in [-0.05, 0) is 109 Å². The molecule has 0 saturated heterocycles. The van der Waals surface area contributed by atoms with Gasteiger partial charge < -0.3 is 0 Å². The number of hydrogen-bond acceptors (Lipinski definition) is 0. The Morgan fingerprint density at radius 3 is 1.76 bits per heavy atom. The van der Waals surface area contributed by atoms with Gasteiger partial charge in [0.05, 0.1) is 5.41 Å². The number of fused-ring (bicyclic) bond motifs is 2. The summed E-state index contributed by atoms with van der Waals surface area (Å²) in [7, 11) is 0. The van der Waals surface area contributed by atoms with Gasteiger partial charge in [0.1, 0.15) is 0 Å². The lowest BCUT2D eigenvalue weighted by atomic mass is 9.65. The van der Waals surface area contributed by atoms with Crippen LogP contribution in [0.4, 0.5) is 0 Å². The zero-order valence-corrected chi connectivity index (χ0v) is 24.6. The largest absolute Gasteiger partial charge is 0.0988 e. The molecule has 0 saturated carbocycles. The van der Waals surface area contributed by atoms with Gasteiger partial charge in [0.25, 0.3) is 0 Å². The second-order valence-corrected chi connectivity index (χ2v) is 11.7. The Morgan fingerprint density at radius 2 is 1.22 bits per heavy atom. The van der Waals surface area contributed by atoms with Gasteiger partial charge in [0.15, 0.2) is 0 Å². The van der Waals surface area contributed by atoms with E-state index in [1.807, 2.05) is 12.2 Å². The fourth-order valence-electron chi connectivity index (χ4n) is 6.75. The Bertz CT molecular complexity index is 1400. The molecule has 0 bridgehead atoms. The van der Waals surface area contributed by atoms with Crippen LogP contribution in [0.5, 0.6) is 0 Å². The number of aryl methyl sites for hydroxylation is 2. The molecule has 0 nitrogen and oxygen atoms in total. The van der Waals surface area contributed by atoms with Crippen LogP contribution in [0.25, 0.3) is 5.57 Å². The van der Waals surface area contributed by atoms with E-state index >= 15 is 0 Å². The Labute approximate surface area is 248 Å². The second-order valence-electron chi connectivity index (χ2n) is 11.7. The average Bonchev–Trinajstić information content (AvgIpc) is 3.33. The van der Waals surface area contributed by atoms with E-state index in [0.29, 0.717) is 0 Å². The minimum atomic E-state index is -0.253. The van der Waals surface area contributed by atoms with Gasteiger partial charge in [-0.2, -0.15) is 0 Å². The predicted molar refractivity (Wildman–Crippen MR) is 178 cm³/mol. The Morgan fingerprint density at radius 1 is 0.683 bits per heavy atom. The van der Waals surface area contributed by atoms with Gasteiger partial charge in [-0.25, -0.2) is 0 Å². The molecular formula is C41H44. The number of benzene rings is 3. The van der Waals surface area contributed by atoms with Gasteiger partial charge in [-0.15, -0.1) is 0 Å². The van der Waals surface area contributed by atoms with Crippen molar-refractivity contribution in [2.24, 2.45) is 0 Å². The van der Waals surface area contributed by atoms with Crippen molar-refractivity contribution in [1.82, 2.24) is 0 Å². The Balaban J connectivity index is 1.47. The first-order chi connectivity index (χ1) is 20.1. The van der Waals surface area contributed by atoms with E-state index in [1.165, 1.54) is 51.8 Å². The summed E-state index contributed by atoms with van der Waals surface area (Å²) in [6.07, 6.45) is 19.6. The summed E-state index contributed by atoms with van der Waals surface area (Å²) in [6.45, 7) is 15.8. The molecule has 0 radical (unpaired) electrons. The first-order valence-corrected chi connectivity index (χ1v) is 15.4. The fraction of sp³-hybridized carbons (Fsp3) is 0.268. The molecular weight excluding hydrogens is 492 g/mol. The minimum absolute atomic E-state index is 0.253. The van der Waals surface area contributed by atoms with Gasteiger partial charge in [-0.3, -0.25) is 0 Å². The third-order valence-corrected chi connectivity index (χ3v) is 9.02. The van der Waals surface area contributed by atoms with Crippen LogP contribution in [-0.2, 0) is 18.3 Å². The monoisotopic (exact) mass is 536 g/mol. The molecule has 0 aromatic heterocycles. The van der Waals surface area contributed by atoms with Crippen molar-refractivity contribution < 1.29 is 0 Å². The van der Waals surface area contributed by atoms with Crippen molar-refractivity contribution in [2.45, 2.75) is 69.6 Å². The minimum Gasteiger partial charge on any atom is -0.0988 e. The zero-order chi connectivity index (χ0) is 28.7. The van der Waals surface area contributed by atoms with E-state index < -0.39 is 0 Å². The normalized spacial score (nSPS) is 14.8. The van der Waals surface area contributed by atoms with E-state index in [0.717, 1.165) is 62.5 Å². The molecule has 0 N–H and O–H groups in total. The van der Waals surface area contributed by atoms with Gasteiger partial charge in [0.2, 0.25) is 0 Å². The molecule has 2 aliphatic rings. The highest BCUT2D eigenvalue weighted by Crippen LogP contribution is 2.57. The van der Waals surface area contributed by atoms with Crippen LogP contribution >= 0.6 is 0 Å². The summed E-state index contributed by atoms with van der Waals surface area (Å²) in [6, 6.07) is 28.2. The number of hydrogen-bond donors (Lipinski definition) is 0. The quantitative estimate of drug-likeness (QED) is 0.142. The van der Waals surface area contributed by atoms with E-state index in [-0.39, 0.29) is 5.41 Å². The average molecular weight is 537 g/mol. The highest BCUT2D eigenvalue weighted by Gasteiger charge is 2.47. The summed E-state index contributed by atoms with van der Waals surface area (Å²) in [5, 5.41) is 0. The molecule has 208 valence electrons. The van der Waals surface area contributed by atoms with Crippen LogP contribution in [0, 0.1) is 0 Å².